The van der Waals surface area contributed by atoms with E-state index in [1.807, 2.05) is 0 Å². The lowest BCUT2D eigenvalue weighted by Gasteiger charge is -2.29. The number of ether oxygens (including phenoxy) is 2. The Labute approximate surface area is 143 Å². The summed E-state index contributed by atoms with van der Waals surface area (Å²) < 4.78 is 13.8. The second kappa shape index (κ2) is 8.49. The van der Waals surface area contributed by atoms with E-state index in [4.69, 9.17) is 9.47 Å². The molecule has 130 valence electrons. The lowest BCUT2D eigenvalue weighted by Crippen LogP contribution is -2.23. The Morgan fingerprint density at radius 3 is 2.91 bits per heavy atom. The molecular weight excluding hydrogens is 310 g/mol. The molecule has 5 nitrogen and oxygen atoms in total. The molecule has 1 aliphatic carbocycles. The van der Waals surface area contributed by atoms with Crippen LogP contribution in [0, 0.1) is 12.8 Å². The van der Waals surface area contributed by atoms with Gasteiger partial charge in [-0.05, 0) is 44.9 Å². The average Bonchev–Trinajstić information content (AvgIpc) is 2.93. The highest BCUT2D eigenvalue weighted by Gasteiger charge is 2.24. The molecule has 23 heavy (non-hydrogen) atoms. The summed E-state index contributed by atoms with van der Waals surface area (Å²) in [6, 6.07) is 0.568. The van der Waals surface area contributed by atoms with Crippen molar-refractivity contribution in [3.63, 3.8) is 0 Å². The zero-order valence-electron chi connectivity index (χ0n) is 14.4. The maximum Gasteiger partial charge on any atom is 0.191 e. The van der Waals surface area contributed by atoms with Gasteiger partial charge < -0.3 is 14.0 Å². The van der Waals surface area contributed by atoms with Gasteiger partial charge in [-0.3, -0.25) is 0 Å². The van der Waals surface area contributed by atoms with Crippen molar-refractivity contribution in [2.24, 2.45) is 5.92 Å². The van der Waals surface area contributed by atoms with Gasteiger partial charge in [0.25, 0.3) is 0 Å². The molecule has 1 aliphatic heterocycles. The van der Waals surface area contributed by atoms with Crippen molar-refractivity contribution in [3.05, 3.63) is 5.82 Å². The lowest BCUT2D eigenvalue weighted by molar-refractivity contribution is -0.158. The Kier molecular flexibility index (Phi) is 6.36. The zero-order valence-corrected chi connectivity index (χ0v) is 15.2. The predicted octanol–water partition coefficient (Wildman–Crippen LogP) is 3.97. The van der Waals surface area contributed by atoms with E-state index in [9.17, 15) is 0 Å². The van der Waals surface area contributed by atoms with Gasteiger partial charge in [0, 0.05) is 18.4 Å². The van der Waals surface area contributed by atoms with E-state index in [1.165, 1.54) is 32.1 Å². The van der Waals surface area contributed by atoms with Crippen LogP contribution in [0.1, 0.15) is 63.7 Å². The minimum atomic E-state index is 0.00292. The first-order valence-corrected chi connectivity index (χ1v) is 10.00. The maximum atomic E-state index is 5.81. The Morgan fingerprint density at radius 1 is 1.22 bits per heavy atom. The third-order valence-electron chi connectivity index (χ3n) is 4.86. The van der Waals surface area contributed by atoms with E-state index in [2.05, 4.69) is 28.6 Å². The zero-order chi connectivity index (χ0) is 16.1. The summed E-state index contributed by atoms with van der Waals surface area (Å²) in [4.78, 5) is 0. The van der Waals surface area contributed by atoms with Gasteiger partial charge in [-0.1, -0.05) is 31.5 Å². The quantitative estimate of drug-likeness (QED) is 0.580. The van der Waals surface area contributed by atoms with Crippen LogP contribution >= 0.6 is 11.8 Å². The molecule has 0 amide bonds. The van der Waals surface area contributed by atoms with Crippen LogP contribution in [-0.4, -0.2) is 40.0 Å². The van der Waals surface area contributed by atoms with E-state index in [0.717, 1.165) is 42.1 Å². The van der Waals surface area contributed by atoms with E-state index in [0.29, 0.717) is 12.6 Å². The second-order valence-electron chi connectivity index (χ2n) is 6.84. The summed E-state index contributed by atoms with van der Waals surface area (Å²) in [5, 5.41) is 9.75. The molecule has 0 unspecified atom stereocenters. The highest BCUT2D eigenvalue weighted by Crippen LogP contribution is 2.35. The monoisotopic (exact) mass is 339 g/mol. The molecule has 1 aromatic heterocycles. The topological polar surface area (TPSA) is 49.2 Å². The molecule has 2 aliphatic rings. The summed E-state index contributed by atoms with van der Waals surface area (Å²) in [6.07, 6.45) is 8.58. The number of aromatic nitrogens is 3. The molecule has 0 spiro atoms. The van der Waals surface area contributed by atoms with Crippen molar-refractivity contribution in [2.45, 2.75) is 76.3 Å². The number of rotatable bonds is 6. The molecule has 3 rings (SSSR count). The minimum Gasteiger partial charge on any atom is -0.353 e. The first-order valence-electron chi connectivity index (χ1n) is 9.01. The predicted molar refractivity (Wildman–Crippen MR) is 91.7 cm³/mol. The lowest BCUT2D eigenvalue weighted by atomic mass is 9.87. The number of thioether (sulfide) groups is 1. The number of hydrogen-bond acceptors (Lipinski definition) is 5. The summed E-state index contributed by atoms with van der Waals surface area (Å²) in [6.45, 7) is 5.98. The molecule has 2 heterocycles. The summed E-state index contributed by atoms with van der Waals surface area (Å²) in [5.41, 5.74) is 0. The van der Waals surface area contributed by atoms with Crippen LogP contribution in [-0.2, 0) is 9.47 Å². The fraction of sp³-hybridized carbons (Fsp3) is 0.882. The van der Waals surface area contributed by atoms with Crippen LogP contribution in [0.2, 0.25) is 0 Å². The summed E-state index contributed by atoms with van der Waals surface area (Å²) in [7, 11) is 0. The van der Waals surface area contributed by atoms with Crippen LogP contribution < -0.4 is 0 Å². The van der Waals surface area contributed by atoms with Crippen molar-refractivity contribution in [1.29, 1.82) is 0 Å². The van der Waals surface area contributed by atoms with Crippen LogP contribution in [0.3, 0.4) is 0 Å². The van der Waals surface area contributed by atoms with Crippen LogP contribution in [0.25, 0.3) is 0 Å². The first-order chi connectivity index (χ1) is 11.2. The van der Waals surface area contributed by atoms with Gasteiger partial charge in [0.1, 0.15) is 5.82 Å². The highest BCUT2D eigenvalue weighted by atomic mass is 32.2. The summed E-state index contributed by atoms with van der Waals surface area (Å²) in [5.74, 6) is 2.75. The van der Waals surface area contributed by atoms with Gasteiger partial charge in [-0.15, -0.1) is 10.2 Å². The third-order valence-corrected chi connectivity index (χ3v) is 5.77. The van der Waals surface area contributed by atoms with Crippen molar-refractivity contribution >= 4 is 11.8 Å². The van der Waals surface area contributed by atoms with Crippen LogP contribution in [0.15, 0.2) is 5.16 Å². The van der Waals surface area contributed by atoms with Crippen molar-refractivity contribution in [3.8, 4) is 0 Å². The Morgan fingerprint density at radius 2 is 2.13 bits per heavy atom. The molecule has 3 atom stereocenters. The van der Waals surface area contributed by atoms with Gasteiger partial charge in [0.2, 0.25) is 0 Å². The molecule has 0 bridgehead atoms. The third kappa shape index (κ3) is 4.70. The van der Waals surface area contributed by atoms with Gasteiger partial charge in [0.05, 0.1) is 6.61 Å². The van der Waals surface area contributed by atoms with Gasteiger partial charge in [0.15, 0.2) is 11.4 Å². The normalized spacial score (nSPS) is 28.9. The SMILES string of the molecule is Cc1nnc(SCCO[C@@H]2CCCCO2)n1[C@@H]1CCC[C@H](C)C1. The number of aryl methyl sites for hydroxylation is 1. The molecule has 0 aromatic carbocycles. The molecule has 1 saturated carbocycles. The minimum absolute atomic E-state index is 0.00292. The average molecular weight is 340 g/mol. The Hall–Kier alpha value is -0.590. The fourth-order valence-corrected chi connectivity index (χ4v) is 4.54. The van der Waals surface area contributed by atoms with Gasteiger partial charge >= 0.3 is 0 Å². The smallest absolute Gasteiger partial charge is 0.191 e. The number of hydrogen-bond donors (Lipinski definition) is 0. The van der Waals surface area contributed by atoms with Crippen molar-refractivity contribution in [1.82, 2.24) is 14.8 Å². The molecular formula is C17H29N3O2S. The second-order valence-corrected chi connectivity index (χ2v) is 7.90. The standard InChI is InChI=1S/C17H29N3O2S/c1-13-6-5-7-15(12-13)20-14(2)18-19-17(20)23-11-10-22-16-8-3-4-9-21-16/h13,15-16H,3-12H2,1-2H3/t13-,15+,16+/m0/s1. The van der Waals surface area contributed by atoms with Crippen molar-refractivity contribution in [2.75, 3.05) is 19.0 Å². The molecule has 6 heteroatoms. The van der Waals surface area contributed by atoms with Crippen LogP contribution in [0.5, 0.6) is 0 Å². The molecule has 2 fully saturated rings. The van der Waals surface area contributed by atoms with E-state index >= 15 is 0 Å². The molecule has 0 N–H and O–H groups in total. The van der Waals surface area contributed by atoms with Crippen molar-refractivity contribution < 1.29 is 9.47 Å². The Bertz CT molecular complexity index is 488. The molecule has 1 saturated heterocycles. The number of nitrogens with zero attached hydrogens (tertiary/aromatic N) is 3. The fourth-order valence-electron chi connectivity index (χ4n) is 3.66. The molecule has 1 aromatic rings. The van der Waals surface area contributed by atoms with Gasteiger partial charge in [-0.2, -0.15) is 0 Å². The van der Waals surface area contributed by atoms with Gasteiger partial charge in [-0.25, -0.2) is 0 Å². The van der Waals surface area contributed by atoms with E-state index < -0.39 is 0 Å². The molecule has 0 radical (unpaired) electrons. The van der Waals surface area contributed by atoms with E-state index in [-0.39, 0.29) is 6.29 Å². The first kappa shape index (κ1) is 17.2. The van der Waals surface area contributed by atoms with E-state index in [1.54, 1.807) is 11.8 Å². The maximum absolute atomic E-state index is 5.81. The van der Waals surface area contributed by atoms with Crippen LogP contribution in [0.4, 0.5) is 0 Å². The summed E-state index contributed by atoms with van der Waals surface area (Å²) >= 11 is 1.76. The highest BCUT2D eigenvalue weighted by molar-refractivity contribution is 7.99. The largest absolute Gasteiger partial charge is 0.353 e. The Balaban J connectivity index is 1.49.